The number of rotatable bonds is 4. The number of allylic oxidation sites excluding steroid dienone is 2. The van der Waals surface area contributed by atoms with Crippen LogP contribution in [0, 0.1) is 0 Å². The molecule has 1 unspecified atom stereocenters. The van der Waals surface area contributed by atoms with Gasteiger partial charge in [-0.25, -0.2) is 9.59 Å². The van der Waals surface area contributed by atoms with E-state index in [1.54, 1.807) is 18.3 Å². The van der Waals surface area contributed by atoms with Crippen molar-refractivity contribution in [3.8, 4) is 0 Å². The van der Waals surface area contributed by atoms with Crippen LogP contribution in [0.4, 0.5) is 0 Å². The lowest BCUT2D eigenvalue weighted by atomic mass is 9.77. The molecule has 0 spiro atoms. The molecule has 4 rings (SSSR count). The highest BCUT2D eigenvalue weighted by atomic mass is 16.5. The Morgan fingerprint density at radius 3 is 2.38 bits per heavy atom. The summed E-state index contributed by atoms with van der Waals surface area (Å²) in [7, 11) is 4.08. The van der Waals surface area contributed by atoms with Crippen molar-refractivity contribution in [1.29, 1.82) is 0 Å². The van der Waals surface area contributed by atoms with E-state index in [4.69, 9.17) is 18.9 Å². The van der Waals surface area contributed by atoms with E-state index in [2.05, 4.69) is 4.98 Å². The Labute approximate surface area is 186 Å². The van der Waals surface area contributed by atoms with E-state index in [9.17, 15) is 9.59 Å². The van der Waals surface area contributed by atoms with Gasteiger partial charge in [0.1, 0.15) is 17.0 Å². The number of methoxy groups -OCH3 is 3. The van der Waals surface area contributed by atoms with Crippen LogP contribution in [0.5, 0.6) is 0 Å². The quantitative estimate of drug-likeness (QED) is 0.681. The fourth-order valence-electron chi connectivity index (χ4n) is 4.26. The van der Waals surface area contributed by atoms with Crippen molar-refractivity contribution in [2.45, 2.75) is 18.9 Å². The molecule has 1 aromatic carbocycles. The molecule has 164 valence electrons. The zero-order valence-corrected chi connectivity index (χ0v) is 18.3. The maximum atomic E-state index is 13.4. The molecule has 3 heterocycles. The summed E-state index contributed by atoms with van der Waals surface area (Å²) in [5.74, 6) is -0.417. The van der Waals surface area contributed by atoms with Gasteiger partial charge in [-0.15, -0.1) is 0 Å². The van der Waals surface area contributed by atoms with E-state index in [1.807, 2.05) is 43.3 Å². The molecule has 2 aliphatic rings. The van der Waals surface area contributed by atoms with Crippen molar-refractivity contribution < 1.29 is 28.5 Å². The Morgan fingerprint density at radius 1 is 1.00 bits per heavy atom. The topological polar surface area (TPSA) is 84.0 Å². The van der Waals surface area contributed by atoms with Gasteiger partial charge in [-0.3, -0.25) is 4.98 Å². The summed E-state index contributed by atoms with van der Waals surface area (Å²) in [4.78, 5) is 30.9. The molecule has 0 amide bonds. The molecule has 0 saturated heterocycles. The van der Waals surface area contributed by atoms with Gasteiger partial charge in [0.05, 0.1) is 26.9 Å². The van der Waals surface area contributed by atoms with Crippen LogP contribution in [0.1, 0.15) is 30.2 Å². The lowest BCUT2D eigenvalue weighted by molar-refractivity contribution is -0.141. The molecule has 0 N–H and O–H groups in total. The van der Waals surface area contributed by atoms with Crippen molar-refractivity contribution in [2.24, 2.45) is 0 Å². The van der Waals surface area contributed by atoms with Gasteiger partial charge in [0.2, 0.25) is 0 Å². The van der Waals surface area contributed by atoms with Crippen LogP contribution in [0.2, 0.25) is 0 Å². The summed E-state index contributed by atoms with van der Waals surface area (Å²) in [6.45, 7) is 1.82. The lowest BCUT2D eigenvalue weighted by Gasteiger charge is -2.32. The second-order valence-corrected chi connectivity index (χ2v) is 7.42. The molecule has 1 aromatic heterocycles. The highest BCUT2D eigenvalue weighted by Gasteiger charge is 2.54. The second kappa shape index (κ2) is 8.34. The molecule has 0 radical (unpaired) electrons. The number of ether oxygens (including phenoxy) is 4. The average Bonchev–Trinajstić information content (AvgIpc) is 3.18. The van der Waals surface area contributed by atoms with Crippen LogP contribution >= 0.6 is 0 Å². The van der Waals surface area contributed by atoms with Crippen LogP contribution in [0.25, 0.3) is 5.76 Å². The number of hydrogen-bond donors (Lipinski definition) is 0. The van der Waals surface area contributed by atoms with Gasteiger partial charge in [0, 0.05) is 29.8 Å². The van der Waals surface area contributed by atoms with Crippen LogP contribution in [0.15, 0.2) is 77.2 Å². The number of carbonyl (C=O) groups excluding carboxylic acids is 2. The van der Waals surface area contributed by atoms with Crippen LogP contribution < -0.4 is 0 Å². The molecule has 7 heteroatoms. The fourth-order valence-corrected chi connectivity index (χ4v) is 4.26. The number of carbonyl (C=O) groups is 2. The van der Waals surface area contributed by atoms with Crippen molar-refractivity contribution in [1.82, 2.24) is 4.98 Å². The Bertz CT molecular complexity index is 1180. The summed E-state index contributed by atoms with van der Waals surface area (Å²) in [6, 6.07) is 12.8. The van der Waals surface area contributed by atoms with Crippen LogP contribution in [0.3, 0.4) is 0 Å². The second-order valence-electron chi connectivity index (χ2n) is 7.42. The molecule has 1 atom stereocenters. The lowest BCUT2D eigenvalue weighted by Crippen LogP contribution is -2.36. The summed E-state index contributed by atoms with van der Waals surface area (Å²) < 4.78 is 22.4. The third-order valence-corrected chi connectivity index (χ3v) is 5.68. The minimum atomic E-state index is -1.46. The Hall–Kier alpha value is -3.87. The standard InChI is InChI=1S/C25H23NO6/c1-15-13-17(23(27)30-3)21(24(28)31-4)25(16-9-6-5-7-10-16)18-11-8-12-26-22(18)20(32-25)14-19(15)29-2/h5-12,14H,13H2,1-4H3/b19-15+,20-14-,21-17+. The third kappa shape index (κ3) is 3.17. The van der Waals surface area contributed by atoms with E-state index in [0.717, 1.165) is 5.57 Å². The van der Waals surface area contributed by atoms with Crippen LogP contribution in [-0.2, 0) is 34.1 Å². The monoisotopic (exact) mass is 433 g/mol. The minimum Gasteiger partial charge on any atom is -0.497 e. The van der Waals surface area contributed by atoms with E-state index >= 15 is 0 Å². The SMILES string of the molecule is COC(=O)/C1=C(\C(=O)OC)C2(c3ccccc3)O/C(=C\C(OC)=C(\C)C1)c1ncccc12. The number of aromatic nitrogens is 1. The molecular formula is C25H23NO6. The summed E-state index contributed by atoms with van der Waals surface area (Å²) in [5.41, 5.74) is 1.25. The summed E-state index contributed by atoms with van der Waals surface area (Å²) in [6.07, 6.45) is 3.49. The van der Waals surface area contributed by atoms with Crippen molar-refractivity contribution in [3.63, 3.8) is 0 Å². The van der Waals surface area contributed by atoms with Gasteiger partial charge >= 0.3 is 11.9 Å². The van der Waals surface area contributed by atoms with Gasteiger partial charge in [-0.1, -0.05) is 36.4 Å². The normalized spacial score (nSPS) is 25.8. The molecule has 2 aromatic rings. The van der Waals surface area contributed by atoms with Crippen molar-refractivity contribution in [2.75, 3.05) is 21.3 Å². The first-order valence-corrected chi connectivity index (χ1v) is 10.0. The highest BCUT2D eigenvalue weighted by Crippen LogP contribution is 2.53. The Morgan fingerprint density at radius 2 is 1.72 bits per heavy atom. The Kier molecular flexibility index (Phi) is 5.57. The number of hydrogen-bond acceptors (Lipinski definition) is 7. The van der Waals surface area contributed by atoms with Gasteiger partial charge in [0.15, 0.2) is 11.4 Å². The molecule has 0 aliphatic carbocycles. The first kappa shape index (κ1) is 21.4. The molecule has 2 bridgehead atoms. The van der Waals surface area contributed by atoms with E-state index < -0.39 is 17.5 Å². The minimum absolute atomic E-state index is 0.0485. The fraction of sp³-hybridized carbons (Fsp3) is 0.240. The summed E-state index contributed by atoms with van der Waals surface area (Å²) >= 11 is 0. The van der Waals surface area contributed by atoms with Gasteiger partial charge in [0.25, 0.3) is 0 Å². The number of nitrogens with zero attached hydrogens (tertiary/aromatic N) is 1. The summed E-state index contributed by atoms with van der Waals surface area (Å²) in [5, 5.41) is 0. The number of benzene rings is 1. The smallest absolute Gasteiger partial charge is 0.339 e. The van der Waals surface area contributed by atoms with Gasteiger partial charge in [-0.05, 0) is 18.6 Å². The van der Waals surface area contributed by atoms with Gasteiger partial charge < -0.3 is 18.9 Å². The predicted molar refractivity (Wildman–Crippen MR) is 116 cm³/mol. The van der Waals surface area contributed by atoms with Gasteiger partial charge in [-0.2, -0.15) is 0 Å². The zero-order valence-electron chi connectivity index (χ0n) is 18.3. The molecule has 32 heavy (non-hydrogen) atoms. The van der Waals surface area contributed by atoms with Crippen molar-refractivity contribution >= 4 is 17.7 Å². The van der Waals surface area contributed by atoms with E-state index in [1.165, 1.54) is 21.3 Å². The molecule has 7 nitrogen and oxygen atoms in total. The number of pyridine rings is 1. The molecule has 0 saturated carbocycles. The zero-order chi connectivity index (χ0) is 22.9. The molecule has 2 aliphatic heterocycles. The van der Waals surface area contributed by atoms with E-state index in [-0.39, 0.29) is 17.6 Å². The molecular weight excluding hydrogens is 410 g/mol. The molecule has 0 fully saturated rings. The predicted octanol–water partition coefficient (Wildman–Crippen LogP) is 3.66. The largest absolute Gasteiger partial charge is 0.497 e. The highest BCUT2D eigenvalue weighted by molar-refractivity contribution is 6.04. The Balaban J connectivity index is 2.22. The van der Waals surface area contributed by atoms with E-state index in [0.29, 0.717) is 28.3 Å². The number of esters is 2. The van der Waals surface area contributed by atoms with Crippen LogP contribution in [-0.4, -0.2) is 38.3 Å². The maximum Gasteiger partial charge on any atom is 0.339 e. The maximum absolute atomic E-state index is 13.4. The first-order chi connectivity index (χ1) is 15.5. The van der Waals surface area contributed by atoms with Crippen molar-refractivity contribution in [3.05, 3.63) is 94.0 Å². The number of fused-ring (bicyclic) bond motifs is 5. The average molecular weight is 433 g/mol. The third-order valence-electron chi connectivity index (χ3n) is 5.68. The first-order valence-electron chi connectivity index (χ1n) is 10.0.